The van der Waals surface area contributed by atoms with Crippen LogP contribution in [0.1, 0.15) is 10.4 Å². The van der Waals surface area contributed by atoms with E-state index in [0.29, 0.717) is 23.1 Å². The molecule has 1 fully saturated rings. The fourth-order valence-electron chi connectivity index (χ4n) is 3.76. The number of piperazine rings is 1. The molecule has 0 bridgehead atoms. The molecule has 2 aromatic carbocycles. The van der Waals surface area contributed by atoms with Crippen molar-refractivity contribution in [1.82, 2.24) is 14.9 Å². The van der Waals surface area contributed by atoms with Crippen molar-refractivity contribution < 1.29 is 18.7 Å². The van der Waals surface area contributed by atoms with E-state index in [1.54, 1.807) is 42.7 Å². The van der Waals surface area contributed by atoms with E-state index in [-0.39, 0.29) is 24.2 Å². The predicted molar refractivity (Wildman–Crippen MR) is 118 cm³/mol. The lowest BCUT2D eigenvalue weighted by Crippen LogP contribution is -2.59. The summed E-state index contributed by atoms with van der Waals surface area (Å²) in [6.45, 7) is 0.844. The van der Waals surface area contributed by atoms with Gasteiger partial charge in [0.05, 0.1) is 13.7 Å². The first-order chi connectivity index (χ1) is 15.5. The normalized spacial score (nSPS) is 16.0. The smallest absolute Gasteiger partial charge is 0.330 e. The molecule has 0 radical (unpaired) electrons. The molecule has 1 atom stereocenters. The van der Waals surface area contributed by atoms with E-state index >= 15 is 0 Å². The molecule has 32 heavy (non-hydrogen) atoms. The third-order valence-electron chi connectivity index (χ3n) is 5.33. The van der Waals surface area contributed by atoms with Crippen LogP contribution in [0.5, 0.6) is 0 Å². The summed E-state index contributed by atoms with van der Waals surface area (Å²) < 4.78 is 19.5. The number of hydrogen-bond acceptors (Lipinski definition) is 6. The Morgan fingerprint density at radius 2 is 1.81 bits per heavy atom. The van der Waals surface area contributed by atoms with Crippen LogP contribution in [0.3, 0.4) is 0 Å². The topological polar surface area (TPSA) is 75.6 Å². The third-order valence-corrected chi connectivity index (χ3v) is 5.56. The summed E-state index contributed by atoms with van der Waals surface area (Å²) in [6, 6.07) is 11.7. The number of ether oxygens (including phenoxy) is 1. The Balaban J connectivity index is 1.68. The summed E-state index contributed by atoms with van der Waals surface area (Å²) in [5, 5.41) is 0.354. The zero-order valence-corrected chi connectivity index (χ0v) is 18.0. The van der Waals surface area contributed by atoms with Crippen LogP contribution in [0.25, 0.3) is 11.1 Å². The quantitative estimate of drug-likeness (QED) is 0.562. The number of aromatic nitrogens is 2. The van der Waals surface area contributed by atoms with Crippen molar-refractivity contribution in [2.24, 2.45) is 0 Å². The number of rotatable bonds is 4. The molecule has 164 valence electrons. The van der Waals surface area contributed by atoms with Crippen LogP contribution in [-0.2, 0) is 9.53 Å². The second kappa shape index (κ2) is 9.32. The van der Waals surface area contributed by atoms with Gasteiger partial charge in [0.25, 0.3) is 5.91 Å². The maximum absolute atomic E-state index is 14.6. The molecule has 1 aliphatic heterocycles. The van der Waals surface area contributed by atoms with Gasteiger partial charge in [-0.1, -0.05) is 29.8 Å². The Bertz CT molecular complexity index is 1150. The highest BCUT2D eigenvalue weighted by Crippen LogP contribution is 2.30. The summed E-state index contributed by atoms with van der Waals surface area (Å²) in [5.74, 6) is -0.977. The molecule has 0 saturated carbocycles. The second-order valence-corrected chi connectivity index (χ2v) is 7.64. The maximum atomic E-state index is 14.6. The summed E-state index contributed by atoms with van der Waals surface area (Å²) in [7, 11) is 1.28. The van der Waals surface area contributed by atoms with Gasteiger partial charge in [-0.2, -0.15) is 0 Å². The molecule has 9 heteroatoms. The van der Waals surface area contributed by atoms with Crippen molar-refractivity contribution in [3.63, 3.8) is 0 Å². The molecule has 1 aliphatic rings. The van der Waals surface area contributed by atoms with Crippen LogP contribution in [-0.4, -0.2) is 59.5 Å². The lowest BCUT2D eigenvalue weighted by Gasteiger charge is -2.40. The van der Waals surface area contributed by atoms with Crippen LogP contribution in [0, 0.1) is 5.82 Å². The standard InChI is InChI=1S/C23H20ClFN4O3/c1-32-22(31)20-14-28(23-26-9-4-10-27-23)11-12-29(20)21(30)17-6-3-2-5-16(17)18-13-15(24)7-8-19(18)25/h2-10,13,20H,11-12,14H2,1H3. The first-order valence-electron chi connectivity index (χ1n) is 9.95. The Morgan fingerprint density at radius 1 is 1.06 bits per heavy atom. The summed E-state index contributed by atoms with van der Waals surface area (Å²) >= 11 is 6.06. The van der Waals surface area contributed by atoms with Crippen molar-refractivity contribution in [2.75, 3.05) is 31.6 Å². The zero-order chi connectivity index (χ0) is 22.7. The number of nitrogens with zero attached hydrogens (tertiary/aromatic N) is 4. The van der Waals surface area contributed by atoms with Crippen molar-refractivity contribution in [2.45, 2.75) is 6.04 Å². The van der Waals surface area contributed by atoms with Gasteiger partial charge in [0.1, 0.15) is 11.9 Å². The summed E-state index contributed by atoms with van der Waals surface area (Å²) in [5.41, 5.74) is 0.884. The van der Waals surface area contributed by atoms with Gasteiger partial charge in [-0.05, 0) is 35.9 Å². The Morgan fingerprint density at radius 3 is 2.56 bits per heavy atom. The average Bonchev–Trinajstić information content (AvgIpc) is 2.84. The van der Waals surface area contributed by atoms with Gasteiger partial charge in [0, 0.05) is 41.6 Å². The van der Waals surface area contributed by atoms with E-state index in [0.717, 1.165) is 0 Å². The second-order valence-electron chi connectivity index (χ2n) is 7.20. The first-order valence-corrected chi connectivity index (χ1v) is 10.3. The van der Waals surface area contributed by atoms with Gasteiger partial charge in [-0.15, -0.1) is 0 Å². The van der Waals surface area contributed by atoms with Gasteiger partial charge in [-0.3, -0.25) is 4.79 Å². The van der Waals surface area contributed by atoms with Crippen LogP contribution < -0.4 is 4.90 Å². The van der Waals surface area contributed by atoms with Crippen LogP contribution in [0.2, 0.25) is 5.02 Å². The van der Waals surface area contributed by atoms with Gasteiger partial charge >= 0.3 is 5.97 Å². The van der Waals surface area contributed by atoms with Gasteiger partial charge in [0.15, 0.2) is 0 Å². The number of hydrogen-bond donors (Lipinski definition) is 0. The van der Waals surface area contributed by atoms with Crippen LogP contribution >= 0.6 is 11.6 Å². The number of halogens is 2. The fraction of sp³-hybridized carbons (Fsp3) is 0.217. The van der Waals surface area contributed by atoms with Crippen LogP contribution in [0.4, 0.5) is 10.3 Å². The maximum Gasteiger partial charge on any atom is 0.330 e. The van der Waals surface area contributed by atoms with Gasteiger partial charge in [0.2, 0.25) is 5.95 Å². The monoisotopic (exact) mass is 454 g/mol. The lowest BCUT2D eigenvalue weighted by molar-refractivity contribution is -0.146. The van der Waals surface area contributed by atoms with Gasteiger partial charge in [-0.25, -0.2) is 19.2 Å². The summed E-state index contributed by atoms with van der Waals surface area (Å²) in [6.07, 6.45) is 3.23. The third kappa shape index (κ3) is 4.27. The van der Waals surface area contributed by atoms with Crippen LogP contribution in [0.15, 0.2) is 60.9 Å². The molecule has 0 aliphatic carbocycles. The average molecular weight is 455 g/mol. The minimum atomic E-state index is -0.873. The number of anilines is 1. The van der Waals surface area contributed by atoms with Crippen molar-refractivity contribution in [3.05, 3.63) is 77.3 Å². The van der Waals surface area contributed by atoms with E-state index in [4.69, 9.17) is 16.3 Å². The molecule has 1 saturated heterocycles. The van der Waals surface area contributed by atoms with E-state index in [1.807, 2.05) is 4.90 Å². The van der Waals surface area contributed by atoms with E-state index < -0.39 is 23.7 Å². The molecule has 0 N–H and O–H groups in total. The van der Waals surface area contributed by atoms with E-state index in [9.17, 15) is 14.0 Å². The number of benzene rings is 2. The molecular weight excluding hydrogens is 435 g/mol. The number of esters is 1. The highest BCUT2D eigenvalue weighted by Gasteiger charge is 2.38. The Hall–Kier alpha value is -3.52. The van der Waals surface area contributed by atoms with E-state index in [1.165, 1.54) is 30.2 Å². The largest absolute Gasteiger partial charge is 0.467 e. The van der Waals surface area contributed by atoms with Crippen molar-refractivity contribution >= 4 is 29.4 Å². The first kappa shape index (κ1) is 21.7. The number of carbonyl (C=O) groups is 2. The highest BCUT2D eigenvalue weighted by atomic mass is 35.5. The van der Waals surface area contributed by atoms with Crippen molar-refractivity contribution in [1.29, 1.82) is 0 Å². The molecule has 1 aromatic heterocycles. The van der Waals surface area contributed by atoms with Crippen molar-refractivity contribution in [3.8, 4) is 11.1 Å². The molecule has 1 amide bonds. The minimum Gasteiger partial charge on any atom is -0.467 e. The molecule has 3 aromatic rings. The molecule has 0 spiro atoms. The fourth-order valence-corrected chi connectivity index (χ4v) is 3.94. The number of methoxy groups -OCH3 is 1. The molecule has 2 heterocycles. The SMILES string of the molecule is COC(=O)C1CN(c2ncccn2)CCN1C(=O)c1ccccc1-c1cc(Cl)ccc1F. The molecular formula is C23H20ClFN4O3. The zero-order valence-electron chi connectivity index (χ0n) is 17.2. The Labute approximate surface area is 189 Å². The Kier molecular flexibility index (Phi) is 6.32. The van der Waals surface area contributed by atoms with Gasteiger partial charge < -0.3 is 14.5 Å². The number of carbonyl (C=O) groups excluding carboxylic acids is 2. The van der Waals surface area contributed by atoms with E-state index in [2.05, 4.69) is 9.97 Å². The lowest BCUT2D eigenvalue weighted by atomic mass is 9.97. The molecule has 4 rings (SSSR count). The summed E-state index contributed by atoms with van der Waals surface area (Å²) in [4.78, 5) is 37.9. The highest BCUT2D eigenvalue weighted by molar-refractivity contribution is 6.30. The molecule has 1 unspecified atom stereocenters. The predicted octanol–water partition coefficient (Wildman–Crippen LogP) is 3.44. The minimum absolute atomic E-state index is 0.177. The molecule has 7 nitrogen and oxygen atoms in total. The number of amides is 1.